The Balaban J connectivity index is 2.06. The first-order valence-corrected chi connectivity index (χ1v) is 5.65. The van der Waals surface area contributed by atoms with Crippen LogP contribution in [0.3, 0.4) is 0 Å². The molecule has 1 aromatic carbocycles. The van der Waals surface area contributed by atoms with Gasteiger partial charge in [-0.25, -0.2) is 0 Å². The molecule has 0 saturated carbocycles. The molecule has 0 amide bonds. The van der Waals surface area contributed by atoms with Gasteiger partial charge in [0, 0.05) is 0 Å². The van der Waals surface area contributed by atoms with Gasteiger partial charge in [0.05, 0.1) is 32.9 Å². The third-order valence-corrected chi connectivity index (χ3v) is 2.41. The molecule has 1 aromatic heterocycles. The summed E-state index contributed by atoms with van der Waals surface area (Å²) in [6.07, 6.45) is 4.75. The molecule has 1 heterocycles. The summed E-state index contributed by atoms with van der Waals surface area (Å²) in [7, 11) is 3.19. The molecule has 19 heavy (non-hydrogen) atoms. The number of rotatable bonds is 5. The lowest BCUT2D eigenvalue weighted by Gasteiger charge is -2.06. The van der Waals surface area contributed by atoms with Gasteiger partial charge in [0.1, 0.15) is 5.76 Å². The highest BCUT2D eigenvalue weighted by atomic mass is 16.5. The molecule has 98 valence electrons. The topological polar surface area (TPSA) is 56.3 Å². The molecular weight excluding hydrogens is 244 g/mol. The summed E-state index contributed by atoms with van der Waals surface area (Å²) >= 11 is 0. The first-order chi connectivity index (χ1) is 9.33. The second-order valence-electron chi connectivity index (χ2n) is 3.62. The largest absolute Gasteiger partial charge is 0.493 e. The van der Waals surface area contributed by atoms with Crippen LogP contribution < -0.4 is 9.47 Å². The van der Waals surface area contributed by atoms with E-state index in [0.717, 1.165) is 5.56 Å². The van der Waals surface area contributed by atoms with E-state index in [9.17, 15) is 0 Å². The summed E-state index contributed by atoms with van der Waals surface area (Å²) in [4.78, 5) is 0. The Bertz CT molecular complexity index is 574. The van der Waals surface area contributed by atoms with E-state index in [1.165, 1.54) is 6.21 Å². The lowest BCUT2D eigenvalue weighted by molar-refractivity contribution is 0.355. The van der Waals surface area contributed by atoms with Crippen molar-refractivity contribution in [3.8, 4) is 11.5 Å². The van der Waals surface area contributed by atoms with Gasteiger partial charge < -0.3 is 13.9 Å². The Morgan fingerprint density at radius 3 is 2.47 bits per heavy atom. The predicted molar refractivity (Wildman–Crippen MR) is 73.4 cm³/mol. The molecule has 0 bridgehead atoms. The van der Waals surface area contributed by atoms with Crippen molar-refractivity contribution in [1.29, 1.82) is 0 Å². The van der Waals surface area contributed by atoms with Crippen LogP contribution in [0.2, 0.25) is 0 Å². The van der Waals surface area contributed by atoms with Gasteiger partial charge in [-0.15, -0.1) is 0 Å². The minimum atomic E-state index is 0.654. The molecule has 2 aromatic rings. The summed E-state index contributed by atoms with van der Waals surface area (Å²) < 4.78 is 15.4. The van der Waals surface area contributed by atoms with E-state index in [2.05, 4.69) is 10.2 Å². The predicted octanol–water partition coefficient (Wildman–Crippen LogP) is 2.75. The van der Waals surface area contributed by atoms with Gasteiger partial charge in [0.25, 0.3) is 0 Å². The van der Waals surface area contributed by atoms with Crippen LogP contribution in [0.5, 0.6) is 11.5 Å². The standard InChI is InChI=1S/C14H14N2O3/c1-17-13-6-5-11(8-14(13)18-2)9-15-16-10-12-4-3-7-19-12/h3-10H,1-2H3/b15-9-,16-10-. The quantitative estimate of drug-likeness (QED) is 0.612. The average molecular weight is 258 g/mol. The lowest BCUT2D eigenvalue weighted by atomic mass is 10.2. The van der Waals surface area contributed by atoms with Crippen LogP contribution in [-0.4, -0.2) is 26.6 Å². The van der Waals surface area contributed by atoms with E-state index in [1.807, 2.05) is 18.2 Å². The number of hydrogen-bond donors (Lipinski definition) is 0. The third-order valence-electron chi connectivity index (χ3n) is 2.41. The smallest absolute Gasteiger partial charge is 0.161 e. The fraction of sp³-hybridized carbons (Fsp3) is 0.143. The van der Waals surface area contributed by atoms with E-state index in [-0.39, 0.29) is 0 Å². The number of benzene rings is 1. The molecule has 0 radical (unpaired) electrons. The fourth-order valence-corrected chi connectivity index (χ4v) is 1.49. The van der Waals surface area contributed by atoms with Crippen LogP contribution in [0.15, 0.2) is 51.2 Å². The summed E-state index contributed by atoms with van der Waals surface area (Å²) in [5.41, 5.74) is 0.870. The monoisotopic (exact) mass is 258 g/mol. The second kappa shape index (κ2) is 6.39. The van der Waals surface area contributed by atoms with E-state index in [1.54, 1.807) is 38.8 Å². The Kier molecular flexibility index (Phi) is 4.34. The number of hydrogen-bond acceptors (Lipinski definition) is 5. The maximum atomic E-state index is 5.20. The van der Waals surface area contributed by atoms with Gasteiger partial charge in [-0.1, -0.05) is 0 Å². The van der Waals surface area contributed by atoms with Crippen molar-refractivity contribution < 1.29 is 13.9 Å². The molecule has 0 aliphatic carbocycles. The maximum Gasteiger partial charge on any atom is 0.161 e. The minimum Gasteiger partial charge on any atom is -0.493 e. The van der Waals surface area contributed by atoms with Crippen molar-refractivity contribution in [3.05, 3.63) is 47.9 Å². The van der Waals surface area contributed by atoms with Crippen LogP contribution >= 0.6 is 0 Å². The van der Waals surface area contributed by atoms with Crippen molar-refractivity contribution in [2.24, 2.45) is 10.2 Å². The molecule has 0 aliphatic rings. The molecule has 0 fully saturated rings. The van der Waals surface area contributed by atoms with E-state index < -0.39 is 0 Å². The molecule has 5 heteroatoms. The van der Waals surface area contributed by atoms with Crippen LogP contribution in [0.1, 0.15) is 11.3 Å². The zero-order valence-corrected chi connectivity index (χ0v) is 10.7. The summed E-state index contributed by atoms with van der Waals surface area (Å²) in [5.74, 6) is 1.99. The first-order valence-electron chi connectivity index (χ1n) is 5.65. The lowest BCUT2D eigenvalue weighted by Crippen LogP contribution is -1.91. The van der Waals surface area contributed by atoms with Crippen LogP contribution in [0.25, 0.3) is 0 Å². The highest BCUT2D eigenvalue weighted by Gasteiger charge is 2.02. The first kappa shape index (κ1) is 12.9. The maximum absolute atomic E-state index is 5.20. The highest BCUT2D eigenvalue weighted by Crippen LogP contribution is 2.26. The minimum absolute atomic E-state index is 0.654. The summed E-state index contributed by atoms with van der Waals surface area (Å²) in [6, 6.07) is 9.10. The Labute approximate surface area is 111 Å². The number of furan rings is 1. The Morgan fingerprint density at radius 2 is 1.79 bits per heavy atom. The van der Waals surface area contributed by atoms with Gasteiger partial charge in [0.2, 0.25) is 0 Å². The summed E-state index contributed by atoms with van der Waals surface area (Å²) in [5, 5.41) is 7.82. The molecule has 0 saturated heterocycles. The van der Waals surface area contributed by atoms with Gasteiger partial charge in [-0.2, -0.15) is 10.2 Å². The van der Waals surface area contributed by atoms with Crippen molar-refractivity contribution in [3.63, 3.8) is 0 Å². The van der Waals surface area contributed by atoms with Gasteiger partial charge in [0.15, 0.2) is 11.5 Å². The number of methoxy groups -OCH3 is 2. The second-order valence-corrected chi connectivity index (χ2v) is 3.62. The number of ether oxygens (including phenoxy) is 2. The van der Waals surface area contributed by atoms with Gasteiger partial charge in [-0.05, 0) is 35.9 Å². The Morgan fingerprint density at radius 1 is 1.00 bits per heavy atom. The van der Waals surface area contributed by atoms with E-state index in [4.69, 9.17) is 13.9 Å². The van der Waals surface area contributed by atoms with Crippen molar-refractivity contribution in [2.75, 3.05) is 14.2 Å². The molecule has 0 unspecified atom stereocenters. The van der Waals surface area contributed by atoms with Gasteiger partial charge in [-0.3, -0.25) is 0 Å². The zero-order valence-electron chi connectivity index (χ0n) is 10.7. The highest BCUT2D eigenvalue weighted by molar-refractivity contribution is 5.82. The zero-order chi connectivity index (χ0) is 13.5. The molecule has 0 N–H and O–H groups in total. The van der Waals surface area contributed by atoms with E-state index in [0.29, 0.717) is 17.3 Å². The molecule has 0 spiro atoms. The van der Waals surface area contributed by atoms with E-state index >= 15 is 0 Å². The van der Waals surface area contributed by atoms with Crippen LogP contribution in [-0.2, 0) is 0 Å². The number of nitrogens with zero attached hydrogens (tertiary/aromatic N) is 2. The Hall–Kier alpha value is -2.56. The van der Waals surface area contributed by atoms with Crippen molar-refractivity contribution in [2.45, 2.75) is 0 Å². The van der Waals surface area contributed by atoms with Crippen molar-refractivity contribution >= 4 is 12.4 Å². The molecular formula is C14H14N2O3. The SMILES string of the molecule is COc1ccc(/C=N\N=C/c2ccco2)cc1OC. The fourth-order valence-electron chi connectivity index (χ4n) is 1.49. The molecule has 5 nitrogen and oxygen atoms in total. The molecule has 0 aliphatic heterocycles. The normalized spacial score (nSPS) is 11.3. The third kappa shape index (κ3) is 3.45. The summed E-state index contributed by atoms with van der Waals surface area (Å²) in [6.45, 7) is 0. The average Bonchev–Trinajstić information content (AvgIpc) is 2.96. The van der Waals surface area contributed by atoms with Gasteiger partial charge >= 0.3 is 0 Å². The molecule has 2 rings (SSSR count). The van der Waals surface area contributed by atoms with Crippen LogP contribution in [0, 0.1) is 0 Å². The van der Waals surface area contributed by atoms with Crippen LogP contribution in [0.4, 0.5) is 0 Å². The molecule has 0 atom stereocenters. The van der Waals surface area contributed by atoms with Crippen molar-refractivity contribution in [1.82, 2.24) is 0 Å².